The first kappa shape index (κ1) is 20.4. The summed E-state index contributed by atoms with van der Waals surface area (Å²) >= 11 is 3.33. The van der Waals surface area contributed by atoms with Gasteiger partial charge in [-0.1, -0.05) is 35.8 Å². The molecule has 0 bridgehead atoms. The Hall–Kier alpha value is -1.90. The molecule has 2 aromatic carbocycles. The largest absolute Gasteiger partial charge is 0.484 e. The number of halogens is 1. The Labute approximate surface area is 162 Å². The van der Waals surface area contributed by atoms with Crippen LogP contribution in [0.15, 0.2) is 57.9 Å². The predicted octanol–water partition coefficient (Wildman–Crippen LogP) is 3.50. The van der Waals surface area contributed by atoms with E-state index in [1.54, 1.807) is 38.1 Å². The van der Waals surface area contributed by atoms with Gasteiger partial charge in [-0.15, -0.1) is 0 Å². The van der Waals surface area contributed by atoms with Gasteiger partial charge in [-0.05, 0) is 42.5 Å². The fraction of sp³-hybridized carbons (Fsp3) is 0.278. The minimum Gasteiger partial charge on any atom is -0.484 e. The summed E-state index contributed by atoms with van der Waals surface area (Å²) in [5, 5.41) is 2.68. The van der Waals surface area contributed by atoms with Crippen LogP contribution in [0, 0.1) is 0 Å². The van der Waals surface area contributed by atoms with Crippen LogP contribution in [-0.2, 0) is 14.8 Å². The molecule has 2 rings (SSSR count). The fourth-order valence-corrected chi connectivity index (χ4v) is 4.16. The summed E-state index contributed by atoms with van der Waals surface area (Å²) < 4.78 is 32.5. The molecule has 0 unspecified atom stereocenters. The van der Waals surface area contributed by atoms with E-state index in [0.717, 1.165) is 4.47 Å². The average Bonchev–Trinajstić information content (AvgIpc) is 2.61. The van der Waals surface area contributed by atoms with E-state index < -0.39 is 10.0 Å². The van der Waals surface area contributed by atoms with Crippen molar-refractivity contribution in [2.24, 2.45) is 0 Å². The number of carbonyl (C=O) groups excluding carboxylic acids is 1. The van der Waals surface area contributed by atoms with Gasteiger partial charge in [0.25, 0.3) is 5.91 Å². The third-order valence-corrected chi connectivity index (χ3v) is 6.20. The smallest absolute Gasteiger partial charge is 0.262 e. The highest BCUT2D eigenvalue weighted by Gasteiger charge is 2.21. The van der Waals surface area contributed by atoms with Crippen LogP contribution in [0.3, 0.4) is 0 Å². The van der Waals surface area contributed by atoms with E-state index in [0.29, 0.717) is 24.5 Å². The highest BCUT2D eigenvalue weighted by Crippen LogP contribution is 2.19. The zero-order valence-corrected chi connectivity index (χ0v) is 17.0. The van der Waals surface area contributed by atoms with Gasteiger partial charge in [0.05, 0.1) is 4.90 Å². The van der Waals surface area contributed by atoms with Gasteiger partial charge in [0.2, 0.25) is 10.0 Å². The monoisotopic (exact) mass is 440 g/mol. The molecular formula is C18H21BrN2O4S. The maximum absolute atomic E-state index is 12.4. The molecule has 1 N–H and O–H groups in total. The summed E-state index contributed by atoms with van der Waals surface area (Å²) in [6, 6.07) is 13.3. The van der Waals surface area contributed by atoms with Crippen LogP contribution >= 0.6 is 15.9 Å². The van der Waals surface area contributed by atoms with Crippen LogP contribution in [0.1, 0.15) is 13.8 Å². The van der Waals surface area contributed by atoms with Gasteiger partial charge in [0, 0.05) is 23.2 Å². The Morgan fingerprint density at radius 1 is 1.12 bits per heavy atom. The number of hydrogen-bond acceptors (Lipinski definition) is 4. The van der Waals surface area contributed by atoms with Crippen molar-refractivity contribution in [1.82, 2.24) is 4.31 Å². The molecule has 0 aliphatic rings. The molecule has 1 amide bonds. The maximum atomic E-state index is 12.4. The summed E-state index contributed by atoms with van der Waals surface area (Å²) in [4.78, 5) is 12.2. The van der Waals surface area contributed by atoms with Crippen LogP contribution in [0.25, 0.3) is 0 Å². The lowest BCUT2D eigenvalue weighted by atomic mass is 10.3. The number of nitrogens with zero attached hydrogens (tertiary/aromatic N) is 1. The van der Waals surface area contributed by atoms with Gasteiger partial charge in [0.1, 0.15) is 5.75 Å². The van der Waals surface area contributed by atoms with Crippen molar-refractivity contribution in [3.63, 3.8) is 0 Å². The van der Waals surface area contributed by atoms with Crippen LogP contribution in [0.4, 0.5) is 5.69 Å². The standard InChI is InChI=1S/C18H21BrN2O4S/c1-3-21(4-2)26(23,24)17-10-8-15(9-11-17)20-18(22)13-25-16-7-5-6-14(19)12-16/h5-12H,3-4,13H2,1-2H3,(H,20,22). The first-order chi connectivity index (χ1) is 12.4. The summed E-state index contributed by atoms with van der Waals surface area (Å²) in [7, 11) is -3.51. The molecule has 0 aromatic heterocycles. The number of nitrogens with one attached hydrogen (secondary N) is 1. The molecule has 2 aromatic rings. The fourth-order valence-electron chi connectivity index (χ4n) is 2.33. The Balaban J connectivity index is 1.97. The minimum atomic E-state index is -3.51. The molecule has 0 saturated heterocycles. The lowest BCUT2D eigenvalue weighted by molar-refractivity contribution is -0.118. The number of carbonyl (C=O) groups is 1. The molecule has 140 valence electrons. The maximum Gasteiger partial charge on any atom is 0.262 e. The van der Waals surface area contributed by atoms with E-state index in [-0.39, 0.29) is 17.4 Å². The summed E-state index contributed by atoms with van der Waals surface area (Å²) in [5.74, 6) is 0.250. The Bertz CT molecular complexity index is 850. The molecule has 6 nitrogen and oxygen atoms in total. The van der Waals surface area contributed by atoms with E-state index in [1.165, 1.54) is 16.4 Å². The van der Waals surface area contributed by atoms with Crippen LogP contribution in [0.5, 0.6) is 5.75 Å². The summed E-state index contributed by atoms with van der Waals surface area (Å²) in [6.45, 7) is 4.26. The highest BCUT2D eigenvalue weighted by atomic mass is 79.9. The molecule has 0 spiro atoms. The molecule has 0 saturated carbocycles. The summed E-state index contributed by atoms with van der Waals surface area (Å²) in [5.41, 5.74) is 0.506. The number of benzene rings is 2. The van der Waals surface area contributed by atoms with E-state index in [2.05, 4.69) is 21.2 Å². The minimum absolute atomic E-state index is 0.143. The van der Waals surface area contributed by atoms with Crippen LogP contribution in [-0.4, -0.2) is 38.3 Å². The lowest BCUT2D eigenvalue weighted by Gasteiger charge is -2.18. The zero-order chi connectivity index (χ0) is 19.2. The second-order valence-corrected chi connectivity index (χ2v) is 8.26. The van der Waals surface area contributed by atoms with Gasteiger partial charge in [0.15, 0.2) is 6.61 Å². The van der Waals surface area contributed by atoms with Crippen molar-refractivity contribution in [3.8, 4) is 5.75 Å². The normalized spacial score (nSPS) is 11.4. The van der Waals surface area contributed by atoms with Gasteiger partial charge in [-0.3, -0.25) is 4.79 Å². The molecule has 0 radical (unpaired) electrons. The van der Waals surface area contributed by atoms with E-state index >= 15 is 0 Å². The summed E-state index contributed by atoms with van der Waals surface area (Å²) in [6.07, 6.45) is 0. The average molecular weight is 441 g/mol. The van der Waals surface area contributed by atoms with Crippen molar-refractivity contribution in [3.05, 3.63) is 53.0 Å². The van der Waals surface area contributed by atoms with Gasteiger partial charge in [-0.25, -0.2) is 8.42 Å². The quantitative estimate of drug-likeness (QED) is 0.681. The van der Waals surface area contributed by atoms with Crippen LogP contribution < -0.4 is 10.1 Å². The van der Waals surface area contributed by atoms with E-state index in [4.69, 9.17) is 4.74 Å². The number of rotatable bonds is 8. The van der Waals surface area contributed by atoms with Gasteiger partial charge in [-0.2, -0.15) is 4.31 Å². The molecule has 26 heavy (non-hydrogen) atoms. The van der Waals surface area contributed by atoms with Crippen molar-refractivity contribution in [1.29, 1.82) is 0 Å². The van der Waals surface area contributed by atoms with Crippen molar-refractivity contribution in [2.45, 2.75) is 18.7 Å². The van der Waals surface area contributed by atoms with E-state index in [1.807, 2.05) is 12.1 Å². The first-order valence-corrected chi connectivity index (χ1v) is 10.4. The Morgan fingerprint density at radius 3 is 2.35 bits per heavy atom. The number of ether oxygens (including phenoxy) is 1. The second kappa shape index (κ2) is 9.16. The number of hydrogen-bond donors (Lipinski definition) is 1. The van der Waals surface area contributed by atoms with Crippen molar-refractivity contribution in [2.75, 3.05) is 25.0 Å². The third kappa shape index (κ3) is 5.30. The number of anilines is 1. The van der Waals surface area contributed by atoms with Crippen molar-refractivity contribution >= 4 is 37.5 Å². The predicted molar refractivity (Wildman–Crippen MR) is 105 cm³/mol. The SMILES string of the molecule is CCN(CC)S(=O)(=O)c1ccc(NC(=O)COc2cccc(Br)c2)cc1. The highest BCUT2D eigenvalue weighted by molar-refractivity contribution is 9.10. The molecule has 0 aliphatic heterocycles. The van der Waals surface area contributed by atoms with Gasteiger partial charge >= 0.3 is 0 Å². The first-order valence-electron chi connectivity index (χ1n) is 8.15. The van der Waals surface area contributed by atoms with Crippen LogP contribution in [0.2, 0.25) is 0 Å². The molecule has 8 heteroatoms. The lowest BCUT2D eigenvalue weighted by Crippen LogP contribution is -2.30. The molecule has 0 aliphatic carbocycles. The van der Waals surface area contributed by atoms with Gasteiger partial charge < -0.3 is 10.1 Å². The number of sulfonamides is 1. The topological polar surface area (TPSA) is 75.7 Å². The third-order valence-electron chi connectivity index (χ3n) is 3.65. The van der Waals surface area contributed by atoms with E-state index in [9.17, 15) is 13.2 Å². The second-order valence-electron chi connectivity index (χ2n) is 5.41. The zero-order valence-electron chi connectivity index (χ0n) is 14.6. The Kier molecular flexibility index (Phi) is 7.19. The van der Waals surface area contributed by atoms with Crippen molar-refractivity contribution < 1.29 is 17.9 Å². The Morgan fingerprint density at radius 2 is 1.77 bits per heavy atom. The molecular weight excluding hydrogens is 420 g/mol. The molecule has 0 fully saturated rings. The molecule has 0 heterocycles. The number of amides is 1. The molecule has 0 atom stereocenters.